The van der Waals surface area contributed by atoms with Crippen LogP contribution in [0.4, 0.5) is 0 Å². The van der Waals surface area contributed by atoms with E-state index < -0.39 is 0 Å². The molecule has 1 heterocycles. The molecule has 2 rings (SSSR count). The molecule has 0 bridgehead atoms. The van der Waals surface area contributed by atoms with Crippen molar-refractivity contribution >= 4 is 33.6 Å². The van der Waals surface area contributed by atoms with Crippen LogP contribution in [0.5, 0.6) is 0 Å². The Balaban J connectivity index is 1.87. The molecule has 5 heteroatoms. The Kier molecular flexibility index (Phi) is 6.36. The first-order chi connectivity index (χ1) is 9.70. The zero-order chi connectivity index (χ0) is 14.4. The van der Waals surface area contributed by atoms with Gasteiger partial charge in [0.05, 0.1) is 10.8 Å². The third-order valence-electron chi connectivity index (χ3n) is 3.72. The Hall–Kier alpha value is -0.550. The van der Waals surface area contributed by atoms with Crippen molar-refractivity contribution in [3.63, 3.8) is 0 Å². The first kappa shape index (κ1) is 15.8. The van der Waals surface area contributed by atoms with Gasteiger partial charge in [0, 0.05) is 23.3 Å². The van der Waals surface area contributed by atoms with Crippen molar-refractivity contribution in [1.29, 1.82) is 0 Å². The molecule has 1 amide bonds. The minimum absolute atomic E-state index is 0.245. The maximum atomic E-state index is 12.4. The molecule has 1 saturated carbocycles. The van der Waals surface area contributed by atoms with E-state index in [0.29, 0.717) is 11.8 Å². The van der Waals surface area contributed by atoms with Crippen molar-refractivity contribution in [3.05, 3.63) is 22.8 Å². The van der Waals surface area contributed by atoms with Gasteiger partial charge >= 0.3 is 0 Å². The van der Waals surface area contributed by atoms with Crippen molar-refractivity contribution in [2.75, 3.05) is 12.3 Å². The van der Waals surface area contributed by atoms with Crippen molar-refractivity contribution in [3.8, 4) is 0 Å². The zero-order valence-electron chi connectivity index (χ0n) is 11.8. The number of aromatic nitrogens is 1. The maximum absolute atomic E-state index is 12.4. The fourth-order valence-corrected chi connectivity index (χ4v) is 3.66. The molecule has 1 aromatic heterocycles. The molecule has 0 radical (unpaired) electrons. The van der Waals surface area contributed by atoms with E-state index in [1.165, 1.54) is 43.9 Å². The van der Waals surface area contributed by atoms with Crippen LogP contribution in [0.25, 0.3) is 0 Å². The predicted molar refractivity (Wildman–Crippen MR) is 86.9 cm³/mol. The van der Waals surface area contributed by atoms with Gasteiger partial charge in [0.25, 0.3) is 0 Å². The molecule has 1 aliphatic rings. The summed E-state index contributed by atoms with van der Waals surface area (Å²) in [6.45, 7) is 2.90. The van der Waals surface area contributed by atoms with Gasteiger partial charge in [0.1, 0.15) is 0 Å². The van der Waals surface area contributed by atoms with Gasteiger partial charge in [-0.15, -0.1) is 0 Å². The topological polar surface area (TPSA) is 33.2 Å². The van der Waals surface area contributed by atoms with Crippen LogP contribution in [-0.4, -0.2) is 34.1 Å². The number of nitrogens with zero attached hydrogens (tertiary/aromatic N) is 2. The largest absolute Gasteiger partial charge is 0.339 e. The SMILES string of the molecule is CCN(C(=O)CSc1ccc(Br)cn1)C1CCCCC1. The highest BCUT2D eigenvalue weighted by Gasteiger charge is 2.23. The number of carbonyl (C=O) groups excluding carboxylic acids is 1. The van der Waals surface area contributed by atoms with Gasteiger partial charge < -0.3 is 4.90 Å². The molecule has 0 atom stereocenters. The standard InChI is InChI=1S/C15H21BrN2OS/c1-2-18(13-6-4-3-5-7-13)15(19)11-20-14-9-8-12(16)10-17-14/h8-10,13H,2-7,11H2,1H3. The van der Waals surface area contributed by atoms with E-state index in [2.05, 4.69) is 32.7 Å². The minimum atomic E-state index is 0.245. The third-order valence-corrected chi connectivity index (χ3v) is 5.12. The van der Waals surface area contributed by atoms with Gasteiger partial charge in [-0.1, -0.05) is 31.0 Å². The summed E-state index contributed by atoms with van der Waals surface area (Å²) in [7, 11) is 0. The minimum Gasteiger partial charge on any atom is -0.339 e. The molecule has 0 unspecified atom stereocenters. The quantitative estimate of drug-likeness (QED) is 0.744. The summed E-state index contributed by atoms with van der Waals surface area (Å²) in [6.07, 6.45) is 7.94. The summed E-state index contributed by atoms with van der Waals surface area (Å²) in [6, 6.07) is 4.36. The summed E-state index contributed by atoms with van der Waals surface area (Å²) in [4.78, 5) is 18.7. The second kappa shape index (κ2) is 8.03. The first-order valence-electron chi connectivity index (χ1n) is 7.24. The molecule has 110 valence electrons. The van der Waals surface area contributed by atoms with Crippen molar-refractivity contribution in [2.24, 2.45) is 0 Å². The molecule has 20 heavy (non-hydrogen) atoms. The summed E-state index contributed by atoms with van der Waals surface area (Å²) < 4.78 is 0.963. The number of amides is 1. The Bertz CT molecular complexity index is 432. The lowest BCUT2D eigenvalue weighted by molar-refractivity contribution is -0.131. The first-order valence-corrected chi connectivity index (χ1v) is 9.02. The Morgan fingerprint density at radius 3 is 2.75 bits per heavy atom. The van der Waals surface area contributed by atoms with Gasteiger partial charge in [0.15, 0.2) is 0 Å². The third kappa shape index (κ3) is 4.48. The van der Waals surface area contributed by atoms with E-state index in [-0.39, 0.29) is 5.91 Å². The van der Waals surface area contributed by atoms with Crippen LogP contribution < -0.4 is 0 Å². The highest BCUT2D eigenvalue weighted by molar-refractivity contribution is 9.10. The number of halogens is 1. The fraction of sp³-hybridized carbons (Fsp3) is 0.600. The molecule has 3 nitrogen and oxygen atoms in total. The van der Waals surface area contributed by atoms with E-state index >= 15 is 0 Å². The van der Waals surface area contributed by atoms with E-state index in [1.54, 1.807) is 6.20 Å². The average Bonchev–Trinajstić information content (AvgIpc) is 2.48. The molecule has 0 spiro atoms. The molecule has 1 aromatic rings. The summed E-state index contributed by atoms with van der Waals surface area (Å²) in [5.74, 6) is 0.730. The molecular formula is C15H21BrN2OS. The normalized spacial score (nSPS) is 16.1. The molecule has 1 aliphatic carbocycles. The van der Waals surface area contributed by atoms with Gasteiger partial charge in [-0.2, -0.15) is 0 Å². The smallest absolute Gasteiger partial charge is 0.233 e. The van der Waals surface area contributed by atoms with E-state index in [1.807, 2.05) is 12.1 Å². The number of hydrogen-bond donors (Lipinski definition) is 0. The lowest BCUT2D eigenvalue weighted by Gasteiger charge is -2.33. The second-order valence-electron chi connectivity index (χ2n) is 5.07. The Morgan fingerprint density at radius 2 is 2.15 bits per heavy atom. The molecule has 0 N–H and O–H groups in total. The van der Waals surface area contributed by atoms with Crippen LogP contribution in [0.3, 0.4) is 0 Å². The molecule has 1 fully saturated rings. The van der Waals surface area contributed by atoms with E-state index in [4.69, 9.17) is 0 Å². The summed E-state index contributed by atoms with van der Waals surface area (Å²) >= 11 is 4.89. The van der Waals surface area contributed by atoms with E-state index in [0.717, 1.165) is 16.0 Å². The van der Waals surface area contributed by atoms with Crippen LogP contribution in [0.2, 0.25) is 0 Å². The van der Waals surface area contributed by atoms with Crippen LogP contribution in [-0.2, 0) is 4.79 Å². The van der Waals surface area contributed by atoms with Crippen molar-refractivity contribution in [1.82, 2.24) is 9.88 Å². The molecular weight excluding hydrogens is 336 g/mol. The van der Waals surface area contributed by atoms with Gasteiger partial charge in [-0.3, -0.25) is 4.79 Å². The summed E-state index contributed by atoms with van der Waals surface area (Å²) in [5.41, 5.74) is 0. The molecule has 0 saturated heterocycles. The Morgan fingerprint density at radius 1 is 1.40 bits per heavy atom. The number of pyridine rings is 1. The number of rotatable bonds is 5. The average molecular weight is 357 g/mol. The second-order valence-corrected chi connectivity index (χ2v) is 6.99. The summed E-state index contributed by atoms with van der Waals surface area (Å²) in [5, 5.41) is 0.904. The van der Waals surface area contributed by atoms with Crippen LogP contribution >= 0.6 is 27.7 Å². The zero-order valence-corrected chi connectivity index (χ0v) is 14.3. The number of carbonyl (C=O) groups is 1. The lowest BCUT2D eigenvalue weighted by atomic mass is 9.94. The lowest BCUT2D eigenvalue weighted by Crippen LogP contribution is -2.42. The van der Waals surface area contributed by atoms with Crippen LogP contribution in [0.15, 0.2) is 27.8 Å². The molecule has 0 aromatic carbocycles. The molecule has 0 aliphatic heterocycles. The number of hydrogen-bond acceptors (Lipinski definition) is 3. The van der Waals surface area contributed by atoms with Crippen molar-refractivity contribution < 1.29 is 4.79 Å². The monoisotopic (exact) mass is 356 g/mol. The maximum Gasteiger partial charge on any atom is 0.233 e. The number of thioether (sulfide) groups is 1. The van der Waals surface area contributed by atoms with Gasteiger partial charge in [-0.05, 0) is 47.8 Å². The Labute approximate surface area is 133 Å². The van der Waals surface area contributed by atoms with Crippen LogP contribution in [0.1, 0.15) is 39.0 Å². The fourth-order valence-electron chi connectivity index (χ4n) is 2.70. The van der Waals surface area contributed by atoms with E-state index in [9.17, 15) is 4.79 Å². The predicted octanol–water partition coefficient (Wildman–Crippen LogP) is 4.12. The van der Waals surface area contributed by atoms with Gasteiger partial charge in [-0.25, -0.2) is 4.98 Å². The van der Waals surface area contributed by atoms with Crippen molar-refractivity contribution in [2.45, 2.75) is 50.1 Å². The highest BCUT2D eigenvalue weighted by atomic mass is 79.9. The van der Waals surface area contributed by atoms with Gasteiger partial charge in [0.2, 0.25) is 5.91 Å². The highest BCUT2D eigenvalue weighted by Crippen LogP contribution is 2.24. The van der Waals surface area contributed by atoms with Crippen LogP contribution in [0, 0.1) is 0 Å².